The molecule has 0 aromatic carbocycles. The first-order valence-corrected chi connectivity index (χ1v) is 24.6. The van der Waals surface area contributed by atoms with Crippen molar-refractivity contribution >= 4 is 5.91 Å². The van der Waals surface area contributed by atoms with E-state index < -0.39 is 12.1 Å². The Hall–Kier alpha value is -2.17. The average molecular weight is 794 g/mol. The van der Waals surface area contributed by atoms with E-state index in [0.29, 0.717) is 12.8 Å². The molecule has 330 valence electrons. The molecule has 2 unspecified atom stereocenters. The first-order valence-electron chi connectivity index (χ1n) is 24.6. The summed E-state index contributed by atoms with van der Waals surface area (Å²) in [5.41, 5.74) is 0. The molecule has 0 spiro atoms. The number of aliphatic hydroxyl groups is 2. The number of nitrogens with one attached hydrogen (secondary N) is 1. The topological polar surface area (TPSA) is 69.6 Å². The highest BCUT2D eigenvalue weighted by atomic mass is 16.3. The number of rotatable bonds is 44. The SMILES string of the molecule is CC/C=C\C/C=C\C/C=C\C/C=C\C/C=C\C/C=C\CCCCCCCCCCCCC(=O)NC(CO)C(O)CCCCCCCCCCCCCCCCCC. The number of allylic oxidation sites excluding steroid dienone is 12. The highest BCUT2D eigenvalue weighted by Gasteiger charge is 2.20. The molecule has 4 nitrogen and oxygen atoms in total. The highest BCUT2D eigenvalue weighted by molar-refractivity contribution is 5.76. The van der Waals surface area contributed by atoms with Crippen molar-refractivity contribution in [3.63, 3.8) is 0 Å². The van der Waals surface area contributed by atoms with E-state index >= 15 is 0 Å². The van der Waals surface area contributed by atoms with Crippen molar-refractivity contribution in [1.29, 1.82) is 0 Å². The number of hydrogen-bond donors (Lipinski definition) is 3. The van der Waals surface area contributed by atoms with Gasteiger partial charge in [0.1, 0.15) is 0 Å². The predicted octanol–water partition coefficient (Wildman–Crippen LogP) is 15.9. The van der Waals surface area contributed by atoms with Gasteiger partial charge in [-0.25, -0.2) is 0 Å². The normalized spacial score (nSPS) is 13.5. The largest absolute Gasteiger partial charge is 0.394 e. The van der Waals surface area contributed by atoms with Crippen LogP contribution in [-0.2, 0) is 4.79 Å². The Morgan fingerprint density at radius 3 is 1.16 bits per heavy atom. The monoisotopic (exact) mass is 794 g/mol. The summed E-state index contributed by atoms with van der Waals surface area (Å²) in [7, 11) is 0. The van der Waals surface area contributed by atoms with Gasteiger partial charge in [-0.15, -0.1) is 0 Å². The summed E-state index contributed by atoms with van der Waals surface area (Å²) >= 11 is 0. The standard InChI is InChI=1S/C53H95NO3/c1-3-5-7-9-11-13-15-17-19-21-22-23-24-25-26-27-28-29-30-31-32-33-35-37-39-41-43-45-47-49-53(57)54-51(50-55)52(56)48-46-44-42-40-38-36-34-20-18-16-14-12-10-8-6-4-2/h5,7,11,13,17,19,22-23,25-26,28-29,51-52,55-56H,3-4,6,8-10,12,14-16,18,20-21,24,27,30-50H2,1-2H3,(H,54,57)/b7-5-,13-11-,19-17-,23-22-,26-25-,29-28-. The van der Waals surface area contributed by atoms with Gasteiger partial charge in [-0.1, -0.05) is 241 Å². The first-order chi connectivity index (χ1) is 28.2. The van der Waals surface area contributed by atoms with Crippen molar-refractivity contribution in [1.82, 2.24) is 5.32 Å². The second-order valence-electron chi connectivity index (χ2n) is 16.5. The van der Waals surface area contributed by atoms with Gasteiger partial charge in [0.2, 0.25) is 5.91 Å². The van der Waals surface area contributed by atoms with Crippen LogP contribution in [0.2, 0.25) is 0 Å². The van der Waals surface area contributed by atoms with E-state index in [1.807, 2.05) is 0 Å². The summed E-state index contributed by atoms with van der Waals surface area (Å²) in [5.74, 6) is -0.0379. The number of unbranched alkanes of at least 4 members (excludes halogenated alkanes) is 25. The van der Waals surface area contributed by atoms with Gasteiger partial charge in [-0.3, -0.25) is 4.79 Å². The fraction of sp³-hybridized carbons (Fsp3) is 0.755. The predicted molar refractivity (Wildman–Crippen MR) is 253 cm³/mol. The molecule has 3 N–H and O–H groups in total. The fourth-order valence-electron chi connectivity index (χ4n) is 7.25. The Balaban J connectivity index is 3.54. The zero-order valence-electron chi connectivity index (χ0n) is 37.8. The summed E-state index contributed by atoms with van der Waals surface area (Å²) in [6.45, 7) is 4.25. The van der Waals surface area contributed by atoms with Crippen LogP contribution >= 0.6 is 0 Å². The van der Waals surface area contributed by atoms with Crippen molar-refractivity contribution in [3.8, 4) is 0 Å². The molecule has 0 aliphatic rings. The van der Waals surface area contributed by atoms with Crippen LogP contribution in [0.5, 0.6) is 0 Å². The lowest BCUT2D eigenvalue weighted by Gasteiger charge is -2.22. The van der Waals surface area contributed by atoms with Crippen LogP contribution in [0.15, 0.2) is 72.9 Å². The average Bonchev–Trinajstić information content (AvgIpc) is 3.22. The van der Waals surface area contributed by atoms with E-state index in [9.17, 15) is 15.0 Å². The summed E-state index contributed by atoms with van der Waals surface area (Å²) in [5, 5.41) is 23.2. The van der Waals surface area contributed by atoms with Crippen molar-refractivity contribution in [2.45, 2.75) is 251 Å². The molecule has 0 rings (SSSR count). The third-order valence-corrected chi connectivity index (χ3v) is 11.0. The molecule has 0 radical (unpaired) electrons. The van der Waals surface area contributed by atoms with Crippen LogP contribution in [0.25, 0.3) is 0 Å². The minimum absolute atomic E-state index is 0.0379. The van der Waals surface area contributed by atoms with E-state index in [-0.39, 0.29) is 12.5 Å². The van der Waals surface area contributed by atoms with E-state index in [2.05, 4.69) is 92.1 Å². The van der Waals surface area contributed by atoms with E-state index in [1.165, 1.54) is 148 Å². The van der Waals surface area contributed by atoms with Crippen molar-refractivity contribution in [2.24, 2.45) is 0 Å². The highest BCUT2D eigenvalue weighted by Crippen LogP contribution is 2.16. The molecule has 57 heavy (non-hydrogen) atoms. The van der Waals surface area contributed by atoms with E-state index in [0.717, 1.165) is 64.2 Å². The van der Waals surface area contributed by atoms with Crippen LogP contribution in [0.1, 0.15) is 239 Å². The summed E-state index contributed by atoms with van der Waals surface area (Å²) in [6.07, 6.45) is 68.5. The molecule has 0 saturated carbocycles. The number of aliphatic hydroxyl groups excluding tert-OH is 2. The number of amides is 1. The molecule has 0 saturated heterocycles. The van der Waals surface area contributed by atoms with Gasteiger partial charge in [0, 0.05) is 6.42 Å². The third kappa shape index (κ3) is 44.8. The van der Waals surface area contributed by atoms with Crippen LogP contribution in [0.4, 0.5) is 0 Å². The Bertz CT molecular complexity index is 992. The van der Waals surface area contributed by atoms with Crippen LogP contribution in [0, 0.1) is 0 Å². The molecule has 0 aromatic heterocycles. The molecule has 0 aliphatic carbocycles. The van der Waals surface area contributed by atoms with Crippen molar-refractivity contribution in [2.75, 3.05) is 6.61 Å². The van der Waals surface area contributed by atoms with Gasteiger partial charge >= 0.3 is 0 Å². The lowest BCUT2D eigenvalue weighted by Crippen LogP contribution is -2.45. The molecule has 0 aromatic rings. The van der Waals surface area contributed by atoms with Gasteiger partial charge in [-0.05, 0) is 64.2 Å². The summed E-state index contributed by atoms with van der Waals surface area (Å²) in [4.78, 5) is 12.4. The van der Waals surface area contributed by atoms with Gasteiger partial charge in [-0.2, -0.15) is 0 Å². The Morgan fingerprint density at radius 2 is 0.772 bits per heavy atom. The van der Waals surface area contributed by atoms with Crippen molar-refractivity contribution < 1.29 is 15.0 Å². The van der Waals surface area contributed by atoms with Crippen LogP contribution < -0.4 is 5.32 Å². The quantitative estimate of drug-likeness (QED) is 0.0425. The molecular weight excluding hydrogens is 699 g/mol. The molecule has 0 heterocycles. The minimum Gasteiger partial charge on any atom is -0.394 e. The summed E-state index contributed by atoms with van der Waals surface area (Å²) < 4.78 is 0. The van der Waals surface area contributed by atoms with Gasteiger partial charge in [0.25, 0.3) is 0 Å². The number of carbonyl (C=O) groups is 1. The smallest absolute Gasteiger partial charge is 0.220 e. The van der Waals surface area contributed by atoms with Crippen molar-refractivity contribution in [3.05, 3.63) is 72.9 Å². The maximum Gasteiger partial charge on any atom is 0.220 e. The maximum atomic E-state index is 12.4. The summed E-state index contributed by atoms with van der Waals surface area (Å²) in [6, 6.07) is -0.542. The lowest BCUT2D eigenvalue weighted by molar-refractivity contribution is -0.123. The van der Waals surface area contributed by atoms with Crippen LogP contribution in [0.3, 0.4) is 0 Å². The Morgan fingerprint density at radius 1 is 0.439 bits per heavy atom. The Kier molecular flexibility index (Phi) is 46.4. The van der Waals surface area contributed by atoms with Gasteiger partial charge in [0.15, 0.2) is 0 Å². The van der Waals surface area contributed by atoms with Crippen LogP contribution in [-0.4, -0.2) is 34.9 Å². The molecular formula is C53H95NO3. The second kappa shape index (κ2) is 48.2. The zero-order valence-corrected chi connectivity index (χ0v) is 37.8. The number of carbonyl (C=O) groups excluding carboxylic acids is 1. The number of hydrogen-bond acceptors (Lipinski definition) is 3. The molecule has 0 fully saturated rings. The lowest BCUT2D eigenvalue weighted by atomic mass is 10.0. The third-order valence-electron chi connectivity index (χ3n) is 11.0. The van der Waals surface area contributed by atoms with Gasteiger partial charge < -0.3 is 15.5 Å². The zero-order chi connectivity index (χ0) is 41.4. The Labute approximate surface area is 355 Å². The molecule has 0 bridgehead atoms. The maximum absolute atomic E-state index is 12.4. The van der Waals surface area contributed by atoms with E-state index in [1.54, 1.807) is 0 Å². The molecule has 1 amide bonds. The first kappa shape index (κ1) is 54.8. The van der Waals surface area contributed by atoms with Gasteiger partial charge in [0.05, 0.1) is 18.8 Å². The molecule has 4 heteroatoms. The molecule has 2 atom stereocenters. The fourth-order valence-corrected chi connectivity index (χ4v) is 7.25. The van der Waals surface area contributed by atoms with E-state index in [4.69, 9.17) is 0 Å². The minimum atomic E-state index is -0.665. The molecule has 0 aliphatic heterocycles. The second-order valence-corrected chi connectivity index (χ2v) is 16.5.